The van der Waals surface area contributed by atoms with Crippen molar-refractivity contribution in [3.63, 3.8) is 0 Å². The van der Waals surface area contributed by atoms with Gasteiger partial charge in [-0.05, 0) is 37.5 Å². The quantitative estimate of drug-likeness (QED) is 0.871. The Labute approximate surface area is 127 Å². The van der Waals surface area contributed by atoms with Crippen LogP contribution in [-0.4, -0.2) is 52.6 Å². The van der Waals surface area contributed by atoms with Crippen molar-refractivity contribution in [1.82, 2.24) is 9.80 Å². The molecule has 5 heteroatoms. The van der Waals surface area contributed by atoms with Gasteiger partial charge in [-0.3, -0.25) is 0 Å². The van der Waals surface area contributed by atoms with Crippen LogP contribution in [0.25, 0.3) is 0 Å². The molecule has 0 spiro atoms. The van der Waals surface area contributed by atoms with Crippen LogP contribution in [0.1, 0.15) is 52.4 Å². The second kappa shape index (κ2) is 7.14. The van der Waals surface area contributed by atoms with Gasteiger partial charge in [0.15, 0.2) is 0 Å². The van der Waals surface area contributed by atoms with Gasteiger partial charge in [0.05, 0.1) is 0 Å². The van der Waals surface area contributed by atoms with Crippen LogP contribution in [0.4, 0.5) is 4.79 Å². The predicted molar refractivity (Wildman–Crippen MR) is 81.1 cm³/mol. The minimum Gasteiger partial charge on any atom is -0.480 e. The lowest BCUT2D eigenvalue weighted by atomic mass is 9.96. The average molecular weight is 296 g/mol. The van der Waals surface area contributed by atoms with Gasteiger partial charge in [-0.25, -0.2) is 9.59 Å². The van der Waals surface area contributed by atoms with Crippen molar-refractivity contribution in [3.8, 4) is 0 Å². The van der Waals surface area contributed by atoms with E-state index in [0.717, 1.165) is 38.3 Å². The van der Waals surface area contributed by atoms with E-state index in [9.17, 15) is 14.7 Å². The number of rotatable bonds is 3. The minimum atomic E-state index is -0.868. The number of hydrogen-bond donors (Lipinski definition) is 1. The van der Waals surface area contributed by atoms with Gasteiger partial charge in [-0.1, -0.05) is 26.7 Å². The molecule has 0 radical (unpaired) electrons. The first-order chi connectivity index (χ1) is 10.0. The van der Waals surface area contributed by atoms with E-state index in [1.165, 1.54) is 19.3 Å². The van der Waals surface area contributed by atoms with Crippen molar-refractivity contribution >= 4 is 12.0 Å². The monoisotopic (exact) mass is 296 g/mol. The van der Waals surface area contributed by atoms with Gasteiger partial charge >= 0.3 is 12.0 Å². The molecular weight excluding hydrogens is 268 g/mol. The lowest BCUT2D eigenvalue weighted by Gasteiger charge is -2.30. The van der Waals surface area contributed by atoms with E-state index in [2.05, 4.69) is 6.92 Å². The lowest BCUT2D eigenvalue weighted by Crippen LogP contribution is -2.49. The molecule has 0 aromatic heterocycles. The van der Waals surface area contributed by atoms with Crippen LogP contribution in [0, 0.1) is 11.8 Å². The lowest BCUT2D eigenvalue weighted by molar-refractivity contribution is -0.142. The molecule has 2 aliphatic heterocycles. The van der Waals surface area contributed by atoms with Gasteiger partial charge in [-0.2, -0.15) is 0 Å². The summed E-state index contributed by atoms with van der Waals surface area (Å²) >= 11 is 0. The van der Waals surface area contributed by atoms with Crippen LogP contribution in [-0.2, 0) is 4.79 Å². The van der Waals surface area contributed by atoms with Crippen LogP contribution in [0.15, 0.2) is 0 Å². The van der Waals surface area contributed by atoms with Gasteiger partial charge < -0.3 is 14.9 Å². The average Bonchev–Trinajstić information content (AvgIpc) is 2.68. The van der Waals surface area contributed by atoms with Crippen LogP contribution in [0.3, 0.4) is 0 Å². The maximum absolute atomic E-state index is 12.7. The van der Waals surface area contributed by atoms with E-state index < -0.39 is 12.0 Å². The molecule has 3 atom stereocenters. The topological polar surface area (TPSA) is 60.9 Å². The Hall–Kier alpha value is -1.26. The zero-order chi connectivity index (χ0) is 15.4. The molecule has 21 heavy (non-hydrogen) atoms. The summed E-state index contributed by atoms with van der Waals surface area (Å²) < 4.78 is 0. The number of carboxylic acid groups (broad SMARTS) is 1. The predicted octanol–water partition coefficient (Wildman–Crippen LogP) is 2.80. The molecule has 120 valence electrons. The molecule has 0 bridgehead atoms. The van der Waals surface area contributed by atoms with Crippen molar-refractivity contribution in [3.05, 3.63) is 0 Å². The summed E-state index contributed by atoms with van der Waals surface area (Å²) in [6.07, 6.45) is 6.51. The number of urea groups is 1. The smallest absolute Gasteiger partial charge is 0.326 e. The molecule has 0 saturated carbocycles. The van der Waals surface area contributed by atoms with Crippen molar-refractivity contribution in [2.75, 3.05) is 19.6 Å². The number of nitrogens with zero attached hydrogens (tertiary/aromatic N) is 2. The summed E-state index contributed by atoms with van der Waals surface area (Å²) in [6, 6.07) is -0.712. The Morgan fingerprint density at radius 2 is 1.90 bits per heavy atom. The molecule has 2 saturated heterocycles. The molecule has 2 fully saturated rings. The Bertz CT molecular complexity index is 386. The summed E-state index contributed by atoms with van der Waals surface area (Å²) in [6.45, 7) is 6.26. The van der Waals surface area contributed by atoms with E-state index in [0.29, 0.717) is 6.54 Å². The number of carbonyl (C=O) groups excluding carboxylic acids is 1. The summed E-state index contributed by atoms with van der Waals surface area (Å²) in [5, 5.41) is 9.36. The molecule has 2 heterocycles. The zero-order valence-corrected chi connectivity index (χ0v) is 13.3. The molecule has 0 aromatic carbocycles. The van der Waals surface area contributed by atoms with Crippen molar-refractivity contribution in [2.45, 2.75) is 58.4 Å². The van der Waals surface area contributed by atoms with Crippen LogP contribution >= 0.6 is 0 Å². The molecule has 0 aliphatic carbocycles. The van der Waals surface area contributed by atoms with E-state index in [4.69, 9.17) is 0 Å². The maximum Gasteiger partial charge on any atom is 0.326 e. The van der Waals surface area contributed by atoms with E-state index >= 15 is 0 Å². The number of likely N-dealkylation sites (tertiary alicyclic amines) is 2. The van der Waals surface area contributed by atoms with Gasteiger partial charge in [0.2, 0.25) is 0 Å². The highest BCUT2D eigenvalue weighted by Gasteiger charge is 2.41. The minimum absolute atomic E-state index is 0.0475. The molecular formula is C16H28N2O3. The SMILES string of the molecule is CCCC1CCCN(C(=O)N2CCC(C)C2C(=O)O)CC1. The molecule has 2 aliphatic rings. The second-order valence-corrected chi connectivity index (χ2v) is 6.60. The third-order valence-corrected chi connectivity index (χ3v) is 5.01. The van der Waals surface area contributed by atoms with E-state index in [1.54, 1.807) is 4.90 Å². The van der Waals surface area contributed by atoms with Gasteiger partial charge in [0.25, 0.3) is 0 Å². The van der Waals surface area contributed by atoms with Crippen molar-refractivity contribution < 1.29 is 14.7 Å². The molecule has 3 unspecified atom stereocenters. The standard InChI is InChI=1S/C16H28N2O3/c1-3-5-13-6-4-9-17(10-8-13)16(21)18-11-7-12(2)14(18)15(19)20/h12-14H,3-11H2,1-2H3,(H,19,20). The second-order valence-electron chi connectivity index (χ2n) is 6.60. The molecule has 1 N–H and O–H groups in total. The van der Waals surface area contributed by atoms with E-state index in [1.807, 2.05) is 11.8 Å². The Balaban J connectivity index is 1.98. The third-order valence-electron chi connectivity index (χ3n) is 5.01. The van der Waals surface area contributed by atoms with Crippen LogP contribution in [0.5, 0.6) is 0 Å². The van der Waals surface area contributed by atoms with Gasteiger partial charge in [-0.15, -0.1) is 0 Å². The number of aliphatic carboxylic acids is 1. The number of amides is 2. The maximum atomic E-state index is 12.7. The normalized spacial score (nSPS) is 30.3. The first-order valence-electron chi connectivity index (χ1n) is 8.33. The van der Waals surface area contributed by atoms with Crippen molar-refractivity contribution in [2.24, 2.45) is 11.8 Å². The molecule has 2 rings (SSSR count). The summed E-state index contributed by atoms with van der Waals surface area (Å²) in [4.78, 5) is 27.5. The fraction of sp³-hybridized carbons (Fsp3) is 0.875. The largest absolute Gasteiger partial charge is 0.480 e. The summed E-state index contributed by atoms with van der Waals surface area (Å²) in [7, 11) is 0. The molecule has 0 aromatic rings. The zero-order valence-electron chi connectivity index (χ0n) is 13.3. The van der Waals surface area contributed by atoms with Crippen LogP contribution < -0.4 is 0 Å². The summed E-state index contributed by atoms with van der Waals surface area (Å²) in [5.74, 6) is -0.0983. The molecule has 5 nitrogen and oxygen atoms in total. The van der Waals surface area contributed by atoms with Gasteiger partial charge in [0.1, 0.15) is 6.04 Å². The Morgan fingerprint density at radius 1 is 1.14 bits per heavy atom. The Kier molecular flexibility index (Phi) is 5.48. The highest BCUT2D eigenvalue weighted by molar-refractivity contribution is 5.83. The van der Waals surface area contributed by atoms with Crippen LogP contribution in [0.2, 0.25) is 0 Å². The fourth-order valence-corrected chi connectivity index (χ4v) is 3.77. The highest BCUT2D eigenvalue weighted by Crippen LogP contribution is 2.27. The number of carboxylic acids is 1. The first kappa shape index (κ1) is 16.1. The summed E-state index contributed by atoms with van der Waals surface area (Å²) in [5.41, 5.74) is 0. The van der Waals surface area contributed by atoms with E-state index in [-0.39, 0.29) is 11.9 Å². The number of hydrogen-bond acceptors (Lipinski definition) is 2. The molecule has 2 amide bonds. The van der Waals surface area contributed by atoms with Gasteiger partial charge in [0, 0.05) is 19.6 Å². The fourth-order valence-electron chi connectivity index (χ4n) is 3.77. The van der Waals surface area contributed by atoms with Crippen molar-refractivity contribution in [1.29, 1.82) is 0 Å². The highest BCUT2D eigenvalue weighted by atomic mass is 16.4. The Morgan fingerprint density at radius 3 is 2.57 bits per heavy atom. The third kappa shape index (κ3) is 3.69. The number of carbonyl (C=O) groups is 2. The first-order valence-corrected chi connectivity index (χ1v) is 8.33.